The van der Waals surface area contributed by atoms with Gasteiger partial charge in [-0.3, -0.25) is 14.8 Å². The second-order valence-electron chi connectivity index (χ2n) is 13.1. The summed E-state index contributed by atoms with van der Waals surface area (Å²) in [6.45, 7) is 13.8. The Morgan fingerprint density at radius 3 is 2.52 bits per heavy atom. The van der Waals surface area contributed by atoms with Crippen LogP contribution in [0, 0.1) is 5.41 Å². The number of hydrogen-bond acceptors (Lipinski definition) is 7. The van der Waals surface area contributed by atoms with Crippen LogP contribution in [-0.2, 0) is 29.1 Å². The maximum atomic E-state index is 13.2. The van der Waals surface area contributed by atoms with E-state index in [2.05, 4.69) is 71.7 Å². The topological polar surface area (TPSA) is 91.7 Å². The number of thioether (sulfide) groups is 1. The van der Waals surface area contributed by atoms with Crippen LogP contribution in [0.4, 0.5) is 0 Å². The second-order valence-corrected chi connectivity index (χ2v) is 15.0. The van der Waals surface area contributed by atoms with E-state index in [1.807, 2.05) is 81.2 Å². The number of nitrogens with zero attached hydrogens (tertiary/aromatic N) is 3. The summed E-state index contributed by atoms with van der Waals surface area (Å²) in [4.78, 5) is 23.1. The predicted molar refractivity (Wildman–Crippen MR) is 189 cm³/mol. The number of rotatable bonds is 11. The van der Waals surface area contributed by atoms with Gasteiger partial charge in [-0.25, -0.2) is 0 Å². The van der Waals surface area contributed by atoms with E-state index in [-0.39, 0.29) is 16.9 Å². The van der Waals surface area contributed by atoms with Crippen molar-refractivity contribution in [2.45, 2.75) is 76.9 Å². The highest BCUT2D eigenvalue weighted by Gasteiger charge is 2.34. The number of esters is 1. The first-order valence-corrected chi connectivity index (χ1v) is 16.6. The molecule has 0 spiro atoms. The van der Waals surface area contributed by atoms with Gasteiger partial charge in [0.15, 0.2) is 0 Å². The lowest BCUT2D eigenvalue weighted by molar-refractivity contribution is -0.153. The zero-order valence-corrected chi connectivity index (χ0v) is 28.4. The van der Waals surface area contributed by atoms with Crippen LogP contribution in [0.1, 0.15) is 64.1 Å². The minimum atomic E-state index is -0.725. The summed E-state index contributed by atoms with van der Waals surface area (Å²) in [6.07, 6.45) is 9.66. The third-order valence-electron chi connectivity index (χ3n) is 7.65. The van der Waals surface area contributed by atoms with Crippen molar-refractivity contribution in [2.75, 3.05) is 6.61 Å². The number of nitrogens with two attached hydrogens (primary N) is 1. The maximum Gasteiger partial charge on any atom is 0.311 e. The second kappa shape index (κ2) is 14.1. The molecule has 46 heavy (non-hydrogen) atoms. The van der Waals surface area contributed by atoms with E-state index in [9.17, 15) is 4.79 Å². The molecule has 0 aliphatic carbocycles. The first-order chi connectivity index (χ1) is 21.9. The predicted octanol–water partition coefficient (Wildman–Crippen LogP) is 7.99. The van der Waals surface area contributed by atoms with Crippen molar-refractivity contribution in [2.24, 2.45) is 16.1 Å². The van der Waals surface area contributed by atoms with Crippen molar-refractivity contribution in [1.82, 2.24) is 9.55 Å². The van der Waals surface area contributed by atoms with E-state index >= 15 is 0 Å². The SMILES string of the molecule is CCOC(=O)C(C)(C)Cc1c(SC(C)(C)C)c2cc(OCc3ccccn3)ccc2n1Cc1ccc(C2=CC=CC(N)N=C2)cc1. The summed E-state index contributed by atoms with van der Waals surface area (Å²) in [5, 5.41) is 1.10. The minimum Gasteiger partial charge on any atom is -0.487 e. The number of carbonyl (C=O) groups excluding carboxylic acids is 1. The number of hydrogen-bond donors (Lipinski definition) is 1. The van der Waals surface area contributed by atoms with Crippen LogP contribution in [-0.4, -0.2) is 39.3 Å². The number of ether oxygens (including phenoxy) is 2. The standard InChI is InChI=1S/C38H44N4O3S/c1-7-44-36(43)38(5,6)22-33-35(46-37(2,3)4)31-21-30(45-25-29-12-8-9-20-40-29)18-19-32(31)42(33)24-26-14-16-27(17-15-26)28-11-10-13-34(39)41-23-28/h8-21,23,34H,7,22,24-25,39H2,1-6H3. The summed E-state index contributed by atoms with van der Waals surface area (Å²) in [5.41, 5.74) is 11.5. The van der Waals surface area contributed by atoms with Gasteiger partial charge in [-0.15, -0.1) is 11.8 Å². The fraction of sp³-hybridized carbons (Fsp3) is 0.342. The molecule has 2 aromatic heterocycles. The fourth-order valence-corrected chi connectivity index (χ4v) is 6.55. The first kappa shape index (κ1) is 33.2. The maximum absolute atomic E-state index is 13.2. The van der Waals surface area contributed by atoms with Gasteiger partial charge in [-0.05, 0) is 73.9 Å². The van der Waals surface area contributed by atoms with Crippen LogP contribution in [0.25, 0.3) is 16.5 Å². The Morgan fingerprint density at radius 2 is 1.83 bits per heavy atom. The van der Waals surface area contributed by atoms with Gasteiger partial charge in [-0.1, -0.05) is 63.3 Å². The van der Waals surface area contributed by atoms with Crippen molar-refractivity contribution < 1.29 is 14.3 Å². The number of benzene rings is 2. The smallest absolute Gasteiger partial charge is 0.311 e. The number of aliphatic imine (C=N–C) groups is 1. The van der Waals surface area contributed by atoms with Crippen molar-refractivity contribution >= 4 is 40.4 Å². The molecule has 1 atom stereocenters. The zero-order valence-electron chi connectivity index (χ0n) is 27.6. The molecule has 0 bridgehead atoms. The monoisotopic (exact) mass is 636 g/mol. The normalized spacial score (nSPS) is 15.1. The molecule has 8 heteroatoms. The van der Waals surface area contributed by atoms with E-state index in [0.29, 0.717) is 26.2 Å². The Labute approximate surface area is 276 Å². The van der Waals surface area contributed by atoms with Gasteiger partial charge in [0.2, 0.25) is 0 Å². The molecular formula is C38H44N4O3S. The van der Waals surface area contributed by atoms with Gasteiger partial charge in [0.05, 0.1) is 17.7 Å². The van der Waals surface area contributed by atoms with Gasteiger partial charge in [0.1, 0.15) is 18.5 Å². The van der Waals surface area contributed by atoms with Crippen molar-refractivity contribution in [1.29, 1.82) is 0 Å². The quantitative estimate of drug-likeness (QED) is 0.133. The number of allylic oxidation sites excluding steroid dienone is 3. The lowest BCUT2D eigenvalue weighted by Gasteiger charge is -2.26. The lowest BCUT2D eigenvalue weighted by atomic mass is 9.87. The van der Waals surface area contributed by atoms with E-state index in [0.717, 1.165) is 49.6 Å². The minimum absolute atomic E-state index is 0.0701. The summed E-state index contributed by atoms with van der Waals surface area (Å²) >= 11 is 1.82. The highest BCUT2D eigenvalue weighted by atomic mass is 32.2. The van der Waals surface area contributed by atoms with Gasteiger partial charge in [-0.2, -0.15) is 0 Å². The van der Waals surface area contributed by atoms with Gasteiger partial charge < -0.3 is 19.8 Å². The molecule has 3 heterocycles. The Morgan fingerprint density at radius 1 is 1.04 bits per heavy atom. The van der Waals surface area contributed by atoms with Crippen LogP contribution < -0.4 is 10.5 Å². The summed E-state index contributed by atoms with van der Waals surface area (Å²) in [5.74, 6) is 0.577. The molecule has 0 saturated heterocycles. The summed E-state index contributed by atoms with van der Waals surface area (Å²) in [7, 11) is 0. The molecule has 7 nitrogen and oxygen atoms in total. The molecular weight excluding hydrogens is 593 g/mol. The highest BCUT2D eigenvalue weighted by Crippen LogP contribution is 2.44. The molecule has 2 N–H and O–H groups in total. The van der Waals surface area contributed by atoms with Crippen LogP contribution in [0.15, 0.2) is 95.0 Å². The van der Waals surface area contributed by atoms with Crippen LogP contribution in [0.5, 0.6) is 5.75 Å². The van der Waals surface area contributed by atoms with Gasteiger partial charge in [0.25, 0.3) is 0 Å². The Balaban J connectivity index is 1.58. The Hall–Kier alpha value is -4.14. The number of fused-ring (bicyclic) bond motifs is 1. The molecule has 2 aromatic carbocycles. The Kier molecular flexibility index (Phi) is 10.2. The van der Waals surface area contributed by atoms with E-state index in [1.54, 1.807) is 6.20 Å². The third-order valence-corrected chi connectivity index (χ3v) is 8.92. The molecule has 0 radical (unpaired) electrons. The molecule has 1 unspecified atom stereocenters. The highest BCUT2D eigenvalue weighted by molar-refractivity contribution is 8.00. The molecule has 0 amide bonds. The van der Waals surface area contributed by atoms with Gasteiger partial charge in [0, 0.05) is 51.6 Å². The third kappa shape index (κ3) is 8.17. The molecule has 4 aromatic rings. The van der Waals surface area contributed by atoms with Crippen LogP contribution in [0.2, 0.25) is 0 Å². The largest absolute Gasteiger partial charge is 0.487 e. The molecule has 5 rings (SSSR count). The van der Waals surface area contributed by atoms with Crippen LogP contribution >= 0.6 is 11.8 Å². The summed E-state index contributed by atoms with van der Waals surface area (Å²) < 4.78 is 14.0. The zero-order chi connectivity index (χ0) is 32.9. The van der Waals surface area contributed by atoms with Crippen LogP contribution in [0.3, 0.4) is 0 Å². The van der Waals surface area contributed by atoms with Crippen molar-refractivity contribution in [3.63, 3.8) is 0 Å². The van der Waals surface area contributed by atoms with E-state index in [1.165, 1.54) is 0 Å². The molecule has 1 aliphatic rings. The molecule has 1 aliphatic heterocycles. The molecule has 240 valence electrons. The Bertz CT molecular complexity index is 1760. The van der Waals surface area contributed by atoms with Crippen molar-refractivity contribution in [3.05, 3.63) is 108 Å². The lowest BCUT2D eigenvalue weighted by Crippen LogP contribution is -2.30. The molecule has 0 saturated carbocycles. The van der Waals surface area contributed by atoms with Gasteiger partial charge >= 0.3 is 5.97 Å². The molecule has 0 fully saturated rings. The number of pyridine rings is 1. The van der Waals surface area contributed by atoms with Crippen molar-refractivity contribution in [3.8, 4) is 5.75 Å². The number of carbonyl (C=O) groups is 1. The average Bonchev–Trinajstić information content (AvgIpc) is 3.14. The van der Waals surface area contributed by atoms with E-state index in [4.69, 9.17) is 15.2 Å². The number of aromatic nitrogens is 2. The first-order valence-electron chi connectivity index (χ1n) is 15.7. The average molecular weight is 637 g/mol. The fourth-order valence-electron chi connectivity index (χ4n) is 5.37. The van der Waals surface area contributed by atoms with E-state index < -0.39 is 5.41 Å². The summed E-state index contributed by atoms with van der Waals surface area (Å²) in [6, 6.07) is 20.7.